The first-order chi connectivity index (χ1) is 5.61. The third kappa shape index (κ3) is 2.23. The van der Waals surface area contributed by atoms with Gasteiger partial charge < -0.3 is 4.90 Å². The summed E-state index contributed by atoms with van der Waals surface area (Å²) in [6, 6.07) is 0. The van der Waals surface area contributed by atoms with Crippen molar-refractivity contribution in [2.45, 2.75) is 40.0 Å². The lowest BCUT2D eigenvalue weighted by molar-refractivity contribution is -0.131. The topological polar surface area (TPSA) is 20.3 Å². The maximum Gasteiger partial charge on any atom is 0.222 e. The first kappa shape index (κ1) is 9.56. The van der Waals surface area contributed by atoms with Gasteiger partial charge in [-0.1, -0.05) is 13.8 Å². The molecule has 0 aliphatic heterocycles. The van der Waals surface area contributed by atoms with Crippen LogP contribution in [-0.4, -0.2) is 23.9 Å². The molecule has 0 unspecified atom stereocenters. The maximum absolute atomic E-state index is 11.4. The highest BCUT2D eigenvalue weighted by Gasteiger charge is 2.39. The van der Waals surface area contributed by atoms with Crippen LogP contribution in [0.25, 0.3) is 0 Å². The predicted molar refractivity (Wildman–Crippen MR) is 49.9 cm³/mol. The summed E-state index contributed by atoms with van der Waals surface area (Å²) in [6.07, 6.45) is 3.23. The van der Waals surface area contributed by atoms with E-state index in [0.29, 0.717) is 17.7 Å². The minimum Gasteiger partial charge on any atom is -0.342 e. The van der Waals surface area contributed by atoms with Crippen LogP contribution in [0.3, 0.4) is 0 Å². The lowest BCUT2D eigenvalue weighted by atomic mass is 10.1. The lowest BCUT2D eigenvalue weighted by Crippen LogP contribution is -2.34. The van der Waals surface area contributed by atoms with Crippen molar-refractivity contribution < 1.29 is 4.79 Å². The molecule has 1 aliphatic rings. The molecular weight excluding hydrogens is 150 g/mol. The van der Waals surface area contributed by atoms with Crippen LogP contribution in [0.2, 0.25) is 0 Å². The van der Waals surface area contributed by atoms with E-state index in [4.69, 9.17) is 0 Å². The highest BCUT2D eigenvalue weighted by molar-refractivity contribution is 5.75. The van der Waals surface area contributed by atoms with E-state index in [9.17, 15) is 4.79 Å². The zero-order valence-electron chi connectivity index (χ0n) is 8.39. The molecule has 0 N–H and O–H groups in total. The summed E-state index contributed by atoms with van der Waals surface area (Å²) >= 11 is 0. The van der Waals surface area contributed by atoms with Crippen molar-refractivity contribution in [2.24, 2.45) is 5.41 Å². The molecule has 1 amide bonds. The molecule has 2 nitrogen and oxygen atoms in total. The molecule has 0 radical (unpaired) electrons. The Hall–Kier alpha value is -0.530. The number of hydrogen-bond acceptors (Lipinski definition) is 1. The molecule has 0 bridgehead atoms. The summed E-state index contributed by atoms with van der Waals surface area (Å²) in [7, 11) is 0. The number of amides is 1. The minimum absolute atomic E-state index is 0.297. The van der Waals surface area contributed by atoms with Crippen molar-refractivity contribution in [2.75, 3.05) is 13.1 Å². The van der Waals surface area contributed by atoms with Crippen LogP contribution in [0.4, 0.5) is 0 Å². The van der Waals surface area contributed by atoms with Crippen LogP contribution < -0.4 is 0 Å². The quantitative estimate of drug-likeness (QED) is 0.630. The van der Waals surface area contributed by atoms with Crippen molar-refractivity contribution in [1.29, 1.82) is 0 Å². The van der Waals surface area contributed by atoms with Gasteiger partial charge in [0.2, 0.25) is 5.91 Å². The second kappa shape index (κ2) is 3.46. The molecule has 0 atom stereocenters. The third-order valence-electron chi connectivity index (χ3n) is 2.71. The zero-order chi connectivity index (χ0) is 9.19. The predicted octanol–water partition coefficient (Wildman–Crippen LogP) is 2.04. The average molecular weight is 169 g/mol. The maximum atomic E-state index is 11.4. The Morgan fingerprint density at radius 1 is 1.42 bits per heavy atom. The number of carbonyl (C=O) groups excluding carboxylic acids is 1. The van der Waals surface area contributed by atoms with Crippen LogP contribution in [0.1, 0.15) is 40.0 Å². The molecule has 1 saturated carbocycles. The summed E-state index contributed by atoms with van der Waals surface area (Å²) in [5, 5.41) is 0. The fraction of sp³-hybridized carbons (Fsp3) is 0.900. The molecule has 0 heterocycles. The molecule has 1 rings (SSSR count). The molecule has 1 aliphatic carbocycles. The fourth-order valence-corrected chi connectivity index (χ4v) is 1.43. The minimum atomic E-state index is 0.297. The van der Waals surface area contributed by atoms with Crippen LogP contribution in [0.15, 0.2) is 0 Å². The monoisotopic (exact) mass is 169 g/mol. The largest absolute Gasteiger partial charge is 0.342 e. The van der Waals surface area contributed by atoms with Gasteiger partial charge in [0.05, 0.1) is 0 Å². The van der Waals surface area contributed by atoms with E-state index in [-0.39, 0.29) is 0 Å². The highest BCUT2D eigenvalue weighted by Crippen LogP contribution is 2.45. The van der Waals surface area contributed by atoms with Crippen molar-refractivity contribution in [1.82, 2.24) is 4.90 Å². The van der Waals surface area contributed by atoms with Crippen LogP contribution >= 0.6 is 0 Å². The summed E-state index contributed by atoms with van der Waals surface area (Å²) < 4.78 is 0. The molecule has 12 heavy (non-hydrogen) atoms. The van der Waals surface area contributed by atoms with Crippen LogP contribution in [0.5, 0.6) is 0 Å². The van der Waals surface area contributed by atoms with Gasteiger partial charge in [0.25, 0.3) is 0 Å². The van der Waals surface area contributed by atoms with E-state index < -0.39 is 0 Å². The highest BCUT2D eigenvalue weighted by atomic mass is 16.2. The van der Waals surface area contributed by atoms with E-state index in [0.717, 1.165) is 13.1 Å². The zero-order valence-corrected chi connectivity index (χ0v) is 8.39. The average Bonchev–Trinajstić information content (AvgIpc) is 2.79. The van der Waals surface area contributed by atoms with Gasteiger partial charge in [0.15, 0.2) is 0 Å². The van der Waals surface area contributed by atoms with Gasteiger partial charge in [0, 0.05) is 19.5 Å². The van der Waals surface area contributed by atoms with E-state index in [1.165, 1.54) is 12.8 Å². The molecule has 0 aromatic carbocycles. The molecule has 0 saturated heterocycles. The van der Waals surface area contributed by atoms with Crippen LogP contribution in [0, 0.1) is 5.41 Å². The molecular formula is C10H19NO. The molecule has 2 heteroatoms. The molecule has 70 valence electrons. The summed E-state index contributed by atoms with van der Waals surface area (Å²) in [5.74, 6) is 0.297. The SMILES string of the molecule is CCC(=O)N(CC)CC1(C)CC1. The second-order valence-corrected chi connectivity index (χ2v) is 4.07. The Morgan fingerprint density at radius 3 is 2.33 bits per heavy atom. The number of carbonyl (C=O) groups is 1. The van der Waals surface area contributed by atoms with E-state index in [1.807, 2.05) is 11.8 Å². The smallest absolute Gasteiger partial charge is 0.222 e. The van der Waals surface area contributed by atoms with Crippen LogP contribution in [-0.2, 0) is 4.79 Å². The third-order valence-corrected chi connectivity index (χ3v) is 2.71. The van der Waals surface area contributed by atoms with Crippen molar-refractivity contribution in [3.8, 4) is 0 Å². The van der Waals surface area contributed by atoms with E-state index in [1.54, 1.807) is 0 Å². The van der Waals surface area contributed by atoms with Crippen molar-refractivity contribution >= 4 is 5.91 Å². The fourth-order valence-electron chi connectivity index (χ4n) is 1.43. The summed E-state index contributed by atoms with van der Waals surface area (Å²) in [4.78, 5) is 13.4. The molecule has 0 aromatic heterocycles. The van der Waals surface area contributed by atoms with E-state index in [2.05, 4.69) is 13.8 Å². The van der Waals surface area contributed by atoms with Gasteiger partial charge in [-0.3, -0.25) is 4.79 Å². The van der Waals surface area contributed by atoms with Gasteiger partial charge in [-0.25, -0.2) is 0 Å². The molecule has 0 aromatic rings. The van der Waals surface area contributed by atoms with Gasteiger partial charge in [-0.2, -0.15) is 0 Å². The first-order valence-electron chi connectivity index (χ1n) is 4.89. The standard InChI is InChI=1S/C10H19NO/c1-4-9(12)11(5-2)8-10(3)6-7-10/h4-8H2,1-3H3. The number of rotatable bonds is 4. The Morgan fingerprint density at radius 2 is 2.00 bits per heavy atom. The second-order valence-electron chi connectivity index (χ2n) is 4.07. The Bertz CT molecular complexity index is 173. The Balaban J connectivity index is 2.40. The summed E-state index contributed by atoms with van der Waals surface area (Å²) in [6.45, 7) is 8.08. The summed E-state index contributed by atoms with van der Waals surface area (Å²) in [5.41, 5.74) is 0.459. The van der Waals surface area contributed by atoms with Gasteiger partial charge in [-0.15, -0.1) is 0 Å². The Labute approximate surface area is 74.9 Å². The van der Waals surface area contributed by atoms with E-state index >= 15 is 0 Å². The van der Waals surface area contributed by atoms with Crippen molar-refractivity contribution in [3.63, 3.8) is 0 Å². The Kier molecular flexibility index (Phi) is 2.76. The molecule has 0 spiro atoms. The van der Waals surface area contributed by atoms with Crippen molar-refractivity contribution in [3.05, 3.63) is 0 Å². The molecule has 1 fully saturated rings. The normalized spacial score (nSPS) is 18.9. The van der Waals surface area contributed by atoms with Gasteiger partial charge in [0.1, 0.15) is 0 Å². The first-order valence-corrected chi connectivity index (χ1v) is 4.89. The van der Waals surface area contributed by atoms with Gasteiger partial charge >= 0.3 is 0 Å². The number of hydrogen-bond donors (Lipinski definition) is 0. The lowest BCUT2D eigenvalue weighted by Gasteiger charge is -2.23. The number of nitrogens with zero attached hydrogens (tertiary/aromatic N) is 1. The van der Waals surface area contributed by atoms with Gasteiger partial charge in [-0.05, 0) is 25.2 Å².